The van der Waals surface area contributed by atoms with E-state index < -0.39 is 0 Å². The summed E-state index contributed by atoms with van der Waals surface area (Å²) in [4.78, 5) is 11.5. The summed E-state index contributed by atoms with van der Waals surface area (Å²) in [5.74, 6) is 2.49. The van der Waals surface area contributed by atoms with Gasteiger partial charge >= 0.3 is 0 Å². The molecular formula is C23H26N4. The zero-order valence-corrected chi connectivity index (χ0v) is 15.6. The van der Waals surface area contributed by atoms with Crippen LogP contribution in [0.3, 0.4) is 0 Å². The van der Waals surface area contributed by atoms with Crippen LogP contribution >= 0.6 is 0 Å². The first-order chi connectivity index (χ1) is 13.4. The molecule has 1 aliphatic heterocycles. The number of rotatable bonds is 6. The van der Waals surface area contributed by atoms with Crippen LogP contribution in [0.15, 0.2) is 72.9 Å². The molecule has 1 N–H and O–H groups in total. The average Bonchev–Trinajstić information content (AvgIpc) is 2.75. The third kappa shape index (κ3) is 4.85. The van der Waals surface area contributed by atoms with Gasteiger partial charge in [0.25, 0.3) is 0 Å². The number of hydrogen-bond acceptors (Lipinski definition) is 4. The van der Waals surface area contributed by atoms with Gasteiger partial charge in [-0.3, -0.25) is 0 Å². The maximum Gasteiger partial charge on any atom is 0.224 e. The topological polar surface area (TPSA) is 41.1 Å². The predicted molar refractivity (Wildman–Crippen MR) is 111 cm³/mol. The summed E-state index contributed by atoms with van der Waals surface area (Å²) in [6.45, 7) is 2.86. The second kappa shape index (κ2) is 8.67. The Morgan fingerprint density at radius 1 is 0.852 bits per heavy atom. The van der Waals surface area contributed by atoms with E-state index in [0.29, 0.717) is 5.95 Å². The fourth-order valence-corrected chi connectivity index (χ4v) is 3.70. The molecule has 0 saturated carbocycles. The number of benzene rings is 2. The minimum absolute atomic E-state index is 0.697. The van der Waals surface area contributed by atoms with Crippen LogP contribution in [0, 0.1) is 5.92 Å². The molecule has 4 nitrogen and oxygen atoms in total. The zero-order chi connectivity index (χ0) is 18.3. The van der Waals surface area contributed by atoms with Gasteiger partial charge < -0.3 is 10.2 Å². The molecule has 27 heavy (non-hydrogen) atoms. The van der Waals surface area contributed by atoms with E-state index in [1.165, 1.54) is 30.4 Å². The van der Waals surface area contributed by atoms with Gasteiger partial charge in [-0.05, 0) is 42.4 Å². The van der Waals surface area contributed by atoms with E-state index in [-0.39, 0.29) is 0 Å². The van der Waals surface area contributed by atoms with Crippen LogP contribution in [0.2, 0.25) is 0 Å². The molecule has 4 rings (SSSR count). The number of anilines is 2. The molecule has 2 aromatic carbocycles. The second-order valence-corrected chi connectivity index (χ2v) is 7.20. The van der Waals surface area contributed by atoms with Crippen molar-refractivity contribution in [3.05, 3.63) is 84.1 Å². The van der Waals surface area contributed by atoms with Gasteiger partial charge in [-0.25, -0.2) is 4.98 Å². The standard InChI is InChI=1S/C23H26N4/c1-3-7-19(8-4-1)17-20-12-15-27(16-13-20)22-11-14-24-23(26-22)25-18-21-9-5-2-6-10-21/h1-11,14,20H,12-13,15-18H2,(H,24,25,26). The highest BCUT2D eigenvalue weighted by molar-refractivity contribution is 5.43. The van der Waals surface area contributed by atoms with Crippen LogP contribution in [0.4, 0.5) is 11.8 Å². The predicted octanol–water partition coefficient (Wildman–Crippen LogP) is 4.55. The molecule has 1 aliphatic rings. The molecule has 1 aromatic heterocycles. The first-order valence-corrected chi connectivity index (χ1v) is 9.76. The molecule has 3 aromatic rings. The summed E-state index contributed by atoms with van der Waals surface area (Å²) >= 11 is 0. The minimum atomic E-state index is 0.697. The lowest BCUT2D eigenvalue weighted by Crippen LogP contribution is -2.35. The van der Waals surface area contributed by atoms with Gasteiger partial charge in [0.1, 0.15) is 5.82 Å². The van der Waals surface area contributed by atoms with Crippen molar-refractivity contribution in [3.8, 4) is 0 Å². The van der Waals surface area contributed by atoms with Crippen molar-refractivity contribution in [2.24, 2.45) is 5.92 Å². The molecule has 0 amide bonds. The molecule has 0 unspecified atom stereocenters. The number of aromatic nitrogens is 2. The number of piperidine rings is 1. The highest BCUT2D eigenvalue weighted by Crippen LogP contribution is 2.25. The van der Waals surface area contributed by atoms with Crippen LogP contribution in [0.1, 0.15) is 24.0 Å². The number of nitrogens with one attached hydrogen (secondary N) is 1. The van der Waals surface area contributed by atoms with Gasteiger partial charge in [0.15, 0.2) is 0 Å². The summed E-state index contributed by atoms with van der Waals surface area (Å²) in [6.07, 6.45) is 5.46. The molecule has 2 heterocycles. The fraction of sp³-hybridized carbons (Fsp3) is 0.304. The Morgan fingerprint density at radius 2 is 1.52 bits per heavy atom. The fourth-order valence-electron chi connectivity index (χ4n) is 3.70. The van der Waals surface area contributed by atoms with Crippen LogP contribution in [-0.4, -0.2) is 23.1 Å². The van der Waals surface area contributed by atoms with Crippen molar-refractivity contribution in [1.29, 1.82) is 0 Å². The average molecular weight is 358 g/mol. The van der Waals surface area contributed by atoms with Crippen molar-refractivity contribution in [3.63, 3.8) is 0 Å². The molecule has 0 radical (unpaired) electrons. The lowest BCUT2D eigenvalue weighted by Gasteiger charge is -2.33. The Kier molecular flexibility index (Phi) is 5.63. The van der Waals surface area contributed by atoms with Gasteiger partial charge in [-0.15, -0.1) is 0 Å². The molecular weight excluding hydrogens is 332 g/mol. The smallest absolute Gasteiger partial charge is 0.224 e. The van der Waals surface area contributed by atoms with E-state index >= 15 is 0 Å². The van der Waals surface area contributed by atoms with Gasteiger partial charge in [0, 0.05) is 25.8 Å². The van der Waals surface area contributed by atoms with E-state index in [9.17, 15) is 0 Å². The SMILES string of the molecule is c1ccc(CNc2nccc(N3CCC(Cc4ccccc4)CC3)n2)cc1. The summed E-state index contributed by atoms with van der Waals surface area (Å²) in [6, 6.07) is 23.2. The van der Waals surface area contributed by atoms with E-state index in [2.05, 4.69) is 57.7 Å². The molecule has 0 atom stereocenters. The Labute approximate surface area is 161 Å². The monoisotopic (exact) mass is 358 g/mol. The van der Waals surface area contributed by atoms with Gasteiger partial charge in [0.05, 0.1) is 0 Å². The molecule has 1 saturated heterocycles. The molecule has 0 bridgehead atoms. The zero-order valence-electron chi connectivity index (χ0n) is 15.6. The van der Waals surface area contributed by atoms with Crippen LogP contribution in [0.5, 0.6) is 0 Å². The maximum atomic E-state index is 4.72. The van der Waals surface area contributed by atoms with Crippen molar-refractivity contribution in [2.45, 2.75) is 25.8 Å². The van der Waals surface area contributed by atoms with Crippen molar-refractivity contribution in [1.82, 2.24) is 9.97 Å². The Bertz CT molecular complexity index is 827. The summed E-state index contributed by atoms with van der Waals surface area (Å²) in [7, 11) is 0. The van der Waals surface area contributed by atoms with E-state index in [1.807, 2.05) is 30.5 Å². The van der Waals surface area contributed by atoms with Crippen molar-refractivity contribution >= 4 is 11.8 Å². The Hall–Kier alpha value is -2.88. The molecule has 4 heteroatoms. The van der Waals surface area contributed by atoms with Crippen LogP contribution in [-0.2, 0) is 13.0 Å². The van der Waals surface area contributed by atoms with Crippen molar-refractivity contribution < 1.29 is 0 Å². The summed E-state index contributed by atoms with van der Waals surface area (Å²) in [5.41, 5.74) is 2.68. The first-order valence-electron chi connectivity index (χ1n) is 9.76. The second-order valence-electron chi connectivity index (χ2n) is 7.20. The summed E-state index contributed by atoms with van der Waals surface area (Å²) < 4.78 is 0. The first kappa shape index (κ1) is 17.5. The molecule has 0 spiro atoms. The van der Waals surface area contributed by atoms with Crippen LogP contribution < -0.4 is 10.2 Å². The molecule has 1 fully saturated rings. The van der Waals surface area contributed by atoms with E-state index in [0.717, 1.165) is 31.4 Å². The van der Waals surface area contributed by atoms with Crippen LogP contribution in [0.25, 0.3) is 0 Å². The normalized spacial score (nSPS) is 14.9. The highest BCUT2D eigenvalue weighted by Gasteiger charge is 2.20. The maximum absolute atomic E-state index is 4.72. The van der Waals surface area contributed by atoms with E-state index in [4.69, 9.17) is 4.98 Å². The number of hydrogen-bond donors (Lipinski definition) is 1. The van der Waals surface area contributed by atoms with Gasteiger partial charge in [-0.2, -0.15) is 4.98 Å². The summed E-state index contributed by atoms with van der Waals surface area (Å²) in [5, 5.41) is 3.33. The quantitative estimate of drug-likeness (QED) is 0.702. The highest BCUT2D eigenvalue weighted by atomic mass is 15.2. The Morgan fingerprint density at radius 3 is 2.22 bits per heavy atom. The third-order valence-corrected chi connectivity index (χ3v) is 5.24. The molecule has 138 valence electrons. The number of nitrogens with zero attached hydrogens (tertiary/aromatic N) is 3. The van der Waals surface area contributed by atoms with Gasteiger partial charge in [0.2, 0.25) is 5.95 Å². The third-order valence-electron chi connectivity index (χ3n) is 5.24. The van der Waals surface area contributed by atoms with E-state index in [1.54, 1.807) is 0 Å². The van der Waals surface area contributed by atoms with Crippen molar-refractivity contribution in [2.75, 3.05) is 23.3 Å². The Balaban J connectivity index is 1.32. The lowest BCUT2D eigenvalue weighted by molar-refractivity contribution is 0.402. The minimum Gasteiger partial charge on any atom is -0.356 e. The lowest BCUT2D eigenvalue weighted by atomic mass is 9.90. The largest absolute Gasteiger partial charge is 0.356 e. The molecule has 0 aliphatic carbocycles. The van der Waals surface area contributed by atoms with Gasteiger partial charge in [-0.1, -0.05) is 60.7 Å².